The van der Waals surface area contributed by atoms with Crippen LogP contribution < -0.4 is 5.73 Å². The molecule has 0 saturated carbocycles. The smallest absolute Gasteiger partial charge is 0.170 e. The summed E-state index contributed by atoms with van der Waals surface area (Å²) in [4.78, 5) is 10.5. The molecule has 1 heterocycles. The number of nitrogens with two attached hydrogens (primary N) is 1. The monoisotopic (exact) mass is 178 g/mol. The lowest BCUT2D eigenvalue weighted by Crippen LogP contribution is -1.82. The number of nitrogen functional groups attached to an aromatic ring is 1. The molecule has 1 aromatic heterocycles. The van der Waals surface area contributed by atoms with E-state index in [1.54, 1.807) is 6.07 Å². The molecule has 12 heavy (non-hydrogen) atoms. The number of carbonyl (C=O) groups excluding carboxylic acids is 1. The Morgan fingerprint density at radius 2 is 2.33 bits per heavy atom. The van der Waals surface area contributed by atoms with Crippen LogP contribution in [-0.2, 0) is 0 Å². The first-order chi connectivity index (χ1) is 5.81. The summed E-state index contributed by atoms with van der Waals surface area (Å²) in [5, 5.41) is 0.879. The van der Waals surface area contributed by atoms with Gasteiger partial charge in [-0.15, -0.1) is 0 Å². The number of aromatic nitrogens is 1. The molecule has 0 atom stereocenters. The molecule has 2 N–H and O–H groups in total. The zero-order chi connectivity index (χ0) is 8.55. The van der Waals surface area contributed by atoms with Gasteiger partial charge in [-0.05, 0) is 29.7 Å². The number of hydrogen-bond acceptors (Lipinski definition) is 4. The minimum atomic E-state index is 0.495. The number of rotatable bonds is 1. The largest absolute Gasteiger partial charge is 0.399 e. The molecule has 60 valence electrons. The molecule has 3 nitrogen and oxygen atoms in total. The van der Waals surface area contributed by atoms with Crippen LogP contribution in [0.3, 0.4) is 0 Å². The molecule has 0 aliphatic rings. The van der Waals surface area contributed by atoms with Crippen LogP contribution in [0.25, 0.3) is 10.1 Å². The summed E-state index contributed by atoms with van der Waals surface area (Å²) >= 11 is 1.29. The van der Waals surface area contributed by atoms with E-state index in [0.29, 0.717) is 11.4 Å². The maximum Gasteiger partial charge on any atom is 0.170 e. The van der Waals surface area contributed by atoms with Gasteiger partial charge >= 0.3 is 0 Å². The topological polar surface area (TPSA) is 56.0 Å². The van der Waals surface area contributed by atoms with Crippen molar-refractivity contribution in [3.8, 4) is 0 Å². The number of nitrogens with zero attached hydrogens (tertiary/aromatic N) is 1. The number of fused-ring (bicyclic) bond motifs is 1. The van der Waals surface area contributed by atoms with E-state index < -0.39 is 0 Å². The van der Waals surface area contributed by atoms with E-state index in [0.717, 1.165) is 16.4 Å². The lowest BCUT2D eigenvalue weighted by molar-refractivity contribution is 0.112. The van der Waals surface area contributed by atoms with Gasteiger partial charge in [-0.3, -0.25) is 4.79 Å². The Balaban J connectivity index is 2.81. The van der Waals surface area contributed by atoms with E-state index in [2.05, 4.69) is 4.37 Å². The Morgan fingerprint density at radius 1 is 1.50 bits per heavy atom. The van der Waals surface area contributed by atoms with Crippen LogP contribution in [-0.4, -0.2) is 10.7 Å². The minimum Gasteiger partial charge on any atom is -0.399 e. The van der Waals surface area contributed by atoms with E-state index in [4.69, 9.17) is 5.73 Å². The van der Waals surface area contributed by atoms with Gasteiger partial charge < -0.3 is 5.73 Å². The second-order valence-corrected chi connectivity index (χ2v) is 3.25. The zero-order valence-corrected chi connectivity index (χ0v) is 6.97. The van der Waals surface area contributed by atoms with E-state index in [-0.39, 0.29) is 0 Å². The molecule has 0 amide bonds. The Kier molecular flexibility index (Phi) is 1.55. The molecular weight excluding hydrogens is 172 g/mol. The first-order valence-electron chi connectivity index (χ1n) is 3.41. The average molecular weight is 178 g/mol. The molecule has 0 aliphatic carbocycles. The molecule has 1 aromatic carbocycles. The van der Waals surface area contributed by atoms with Crippen molar-refractivity contribution < 1.29 is 4.79 Å². The number of hydrogen-bond donors (Lipinski definition) is 1. The normalized spacial score (nSPS) is 10.3. The summed E-state index contributed by atoms with van der Waals surface area (Å²) in [6, 6.07) is 5.40. The number of anilines is 1. The van der Waals surface area contributed by atoms with Crippen LogP contribution in [0.15, 0.2) is 18.2 Å². The summed E-state index contributed by atoms with van der Waals surface area (Å²) < 4.78 is 4.93. The fourth-order valence-corrected chi connectivity index (χ4v) is 1.86. The van der Waals surface area contributed by atoms with Crippen molar-refractivity contribution in [1.82, 2.24) is 4.37 Å². The van der Waals surface area contributed by atoms with E-state index in [1.807, 2.05) is 12.1 Å². The maximum absolute atomic E-state index is 10.5. The highest BCUT2D eigenvalue weighted by atomic mass is 32.1. The second-order valence-electron chi connectivity index (χ2n) is 2.44. The second kappa shape index (κ2) is 2.57. The molecule has 0 spiro atoms. The van der Waals surface area contributed by atoms with Crippen LogP contribution in [0.4, 0.5) is 5.69 Å². The highest BCUT2D eigenvalue weighted by Gasteiger charge is 2.03. The van der Waals surface area contributed by atoms with Gasteiger partial charge in [0.2, 0.25) is 0 Å². The summed E-state index contributed by atoms with van der Waals surface area (Å²) in [6.07, 6.45) is 0.759. The average Bonchev–Trinajstić information content (AvgIpc) is 2.46. The third-order valence-electron chi connectivity index (χ3n) is 1.64. The molecule has 0 bridgehead atoms. The van der Waals surface area contributed by atoms with Crippen molar-refractivity contribution in [2.75, 3.05) is 5.73 Å². The van der Waals surface area contributed by atoms with Gasteiger partial charge in [-0.2, -0.15) is 4.37 Å². The molecule has 0 unspecified atom stereocenters. The summed E-state index contributed by atoms with van der Waals surface area (Å²) in [6.45, 7) is 0. The zero-order valence-electron chi connectivity index (χ0n) is 6.15. The third kappa shape index (κ3) is 0.967. The van der Waals surface area contributed by atoms with Crippen LogP contribution in [0.1, 0.15) is 10.5 Å². The standard InChI is InChI=1S/C8H6N2OS/c9-5-1-2-6-7(4-11)10-12-8(6)3-5/h1-4H,9H2. The van der Waals surface area contributed by atoms with Crippen molar-refractivity contribution in [2.24, 2.45) is 0 Å². The quantitative estimate of drug-likeness (QED) is 0.534. The Bertz CT molecular complexity index is 436. The summed E-state index contributed by atoms with van der Waals surface area (Å²) in [5.74, 6) is 0. The highest BCUT2D eigenvalue weighted by molar-refractivity contribution is 7.13. The first kappa shape index (κ1) is 7.24. The Morgan fingerprint density at radius 3 is 3.08 bits per heavy atom. The molecule has 0 fully saturated rings. The fraction of sp³-hybridized carbons (Fsp3) is 0. The summed E-state index contributed by atoms with van der Waals surface area (Å²) in [5.41, 5.74) is 6.76. The predicted molar refractivity (Wildman–Crippen MR) is 49.4 cm³/mol. The molecule has 2 aromatic rings. The highest BCUT2D eigenvalue weighted by Crippen LogP contribution is 2.23. The maximum atomic E-state index is 10.5. The van der Waals surface area contributed by atoms with Crippen molar-refractivity contribution in [2.45, 2.75) is 0 Å². The number of benzene rings is 1. The van der Waals surface area contributed by atoms with Crippen LogP contribution in [0.5, 0.6) is 0 Å². The first-order valence-corrected chi connectivity index (χ1v) is 4.18. The van der Waals surface area contributed by atoms with Gasteiger partial charge in [-0.1, -0.05) is 0 Å². The van der Waals surface area contributed by atoms with Crippen LogP contribution in [0, 0.1) is 0 Å². The van der Waals surface area contributed by atoms with Gasteiger partial charge in [0.05, 0.1) is 4.70 Å². The van der Waals surface area contributed by atoms with Crippen molar-refractivity contribution in [3.05, 3.63) is 23.9 Å². The van der Waals surface area contributed by atoms with Gasteiger partial charge in [0, 0.05) is 11.1 Å². The summed E-state index contributed by atoms with van der Waals surface area (Å²) in [7, 11) is 0. The van der Waals surface area contributed by atoms with E-state index in [1.165, 1.54) is 11.5 Å². The lowest BCUT2D eigenvalue weighted by atomic mass is 10.2. The van der Waals surface area contributed by atoms with Crippen molar-refractivity contribution in [1.29, 1.82) is 0 Å². The van der Waals surface area contributed by atoms with Crippen molar-refractivity contribution >= 4 is 33.6 Å². The van der Waals surface area contributed by atoms with E-state index in [9.17, 15) is 4.79 Å². The number of carbonyl (C=O) groups is 1. The van der Waals surface area contributed by atoms with Gasteiger partial charge in [0.1, 0.15) is 5.69 Å². The number of aldehydes is 1. The van der Waals surface area contributed by atoms with Crippen molar-refractivity contribution in [3.63, 3.8) is 0 Å². The Labute approximate surface area is 73.0 Å². The molecule has 0 radical (unpaired) electrons. The predicted octanol–water partition coefficient (Wildman–Crippen LogP) is 1.69. The molecular formula is C8H6N2OS. The fourth-order valence-electron chi connectivity index (χ4n) is 1.06. The Hall–Kier alpha value is -1.42. The SMILES string of the molecule is Nc1ccc2c(C=O)nsc2c1. The van der Waals surface area contributed by atoms with E-state index >= 15 is 0 Å². The molecule has 0 aliphatic heterocycles. The van der Waals surface area contributed by atoms with Crippen LogP contribution >= 0.6 is 11.5 Å². The molecule has 0 saturated heterocycles. The third-order valence-corrected chi connectivity index (χ3v) is 2.46. The van der Waals surface area contributed by atoms with Crippen LogP contribution in [0.2, 0.25) is 0 Å². The van der Waals surface area contributed by atoms with Gasteiger partial charge in [-0.25, -0.2) is 0 Å². The van der Waals surface area contributed by atoms with Gasteiger partial charge in [0.15, 0.2) is 6.29 Å². The minimum absolute atomic E-state index is 0.495. The molecule has 4 heteroatoms. The van der Waals surface area contributed by atoms with Gasteiger partial charge in [0.25, 0.3) is 0 Å². The molecule has 2 rings (SSSR count). The lowest BCUT2D eigenvalue weighted by Gasteiger charge is -1.90.